The summed E-state index contributed by atoms with van der Waals surface area (Å²) in [5, 5.41) is 8.21. The van der Waals surface area contributed by atoms with E-state index in [2.05, 4.69) is 20.6 Å². The van der Waals surface area contributed by atoms with E-state index in [1.165, 1.54) is 0 Å². The fourth-order valence-electron chi connectivity index (χ4n) is 4.75. The van der Waals surface area contributed by atoms with E-state index in [9.17, 15) is 4.79 Å². The second-order valence-electron chi connectivity index (χ2n) is 9.55. The lowest BCUT2D eigenvalue weighted by molar-refractivity contribution is 0.752. The normalized spacial score (nSPS) is 11.2. The van der Waals surface area contributed by atoms with Crippen LogP contribution in [-0.2, 0) is 13.1 Å². The Morgan fingerprint density at radius 1 is 0.925 bits per heavy atom. The minimum Gasteiger partial charge on any atom is -0.385 e. The van der Waals surface area contributed by atoms with E-state index in [0.29, 0.717) is 24.4 Å². The molecule has 0 radical (unpaired) electrons. The Morgan fingerprint density at radius 2 is 1.82 bits per heavy atom. The van der Waals surface area contributed by atoms with Crippen LogP contribution in [0.15, 0.2) is 103 Å². The van der Waals surface area contributed by atoms with Gasteiger partial charge in [0.2, 0.25) is 0 Å². The maximum Gasteiger partial charge on any atom is 0.260 e. The Balaban J connectivity index is 1.18. The van der Waals surface area contributed by atoms with Gasteiger partial charge in [0.1, 0.15) is 11.5 Å². The van der Waals surface area contributed by atoms with Crippen LogP contribution < -0.4 is 16.2 Å². The molecule has 0 saturated heterocycles. The Labute approximate surface area is 236 Å². The van der Waals surface area contributed by atoms with Crippen molar-refractivity contribution in [1.82, 2.24) is 23.9 Å². The Morgan fingerprint density at radius 3 is 2.70 bits per heavy atom. The van der Waals surface area contributed by atoms with E-state index >= 15 is 0 Å². The lowest BCUT2D eigenvalue weighted by Gasteiger charge is -2.09. The fourth-order valence-corrected chi connectivity index (χ4v) is 4.89. The SMILES string of the molecule is O=c1c2cncc(-c3ccccc3)c2ccn1Cc1cn2cc(CNc3cc(NCCCCl)ccn3)ccc2n1. The van der Waals surface area contributed by atoms with E-state index in [4.69, 9.17) is 16.6 Å². The summed E-state index contributed by atoms with van der Waals surface area (Å²) in [6, 6.07) is 19.9. The lowest BCUT2D eigenvalue weighted by atomic mass is 10.0. The van der Waals surface area contributed by atoms with E-state index in [-0.39, 0.29) is 5.56 Å². The largest absolute Gasteiger partial charge is 0.385 e. The van der Waals surface area contributed by atoms with E-state index in [1.807, 2.05) is 89.9 Å². The molecule has 8 nitrogen and oxygen atoms in total. The molecular formula is C31H28ClN7O. The predicted octanol–water partition coefficient (Wildman–Crippen LogP) is 5.81. The molecule has 0 amide bonds. The van der Waals surface area contributed by atoms with Crippen LogP contribution in [0.4, 0.5) is 11.5 Å². The van der Waals surface area contributed by atoms with Crippen molar-refractivity contribution in [3.63, 3.8) is 0 Å². The number of hydrogen-bond acceptors (Lipinski definition) is 6. The van der Waals surface area contributed by atoms with Gasteiger partial charge in [-0.3, -0.25) is 9.78 Å². The average Bonchev–Trinajstić information content (AvgIpc) is 3.40. The zero-order valence-corrected chi connectivity index (χ0v) is 22.6. The van der Waals surface area contributed by atoms with Gasteiger partial charge in [-0.1, -0.05) is 36.4 Å². The quantitative estimate of drug-likeness (QED) is 0.166. The van der Waals surface area contributed by atoms with Gasteiger partial charge >= 0.3 is 0 Å². The first kappa shape index (κ1) is 25.6. The highest BCUT2D eigenvalue weighted by molar-refractivity contribution is 6.17. The molecule has 0 aliphatic carbocycles. The summed E-state index contributed by atoms with van der Waals surface area (Å²) in [5.41, 5.74) is 5.61. The number of imidazole rings is 1. The van der Waals surface area contributed by atoms with Crippen molar-refractivity contribution in [1.29, 1.82) is 0 Å². The molecule has 5 aromatic heterocycles. The highest BCUT2D eigenvalue weighted by Crippen LogP contribution is 2.26. The number of rotatable bonds is 10. The van der Waals surface area contributed by atoms with Crippen LogP contribution in [0.2, 0.25) is 0 Å². The minimum absolute atomic E-state index is 0.0865. The van der Waals surface area contributed by atoms with Crippen LogP contribution in [0.25, 0.3) is 27.5 Å². The summed E-state index contributed by atoms with van der Waals surface area (Å²) >= 11 is 5.76. The van der Waals surface area contributed by atoms with Crippen LogP contribution in [0.3, 0.4) is 0 Å². The van der Waals surface area contributed by atoms with Gasteiger partial charge in [-0.2, -0.15) is 0 Å². The van der Waals surface area contributed by atoms with Crippen LogP contribution in [0, 0.1) is 0 Å². The van der Waals surface area contributed by atoms with Crippen molar-refractivity contribution in [2.75, 3.05) is 23.1 Å². The zero-order chi connectivity index (χ0) is 27.3. The molecule has 0 fully saturated rings. The Bertz CT molecular complexity index is 1830. The predicted molar refractivity (Wildman–Crippen MR) is 161 cm³/mol. The molecule has 0 unspecified atom stereocenters. The monoisotopic (exact) mass is 549 g/mol. The molecule has 0 aliphatic rings. The van der Waals surface area contributed by atoms with Gasteiger partial charge in [0.25, 0.3) is 5.56 Å². The summed E-state index contributed by atoms with van der Waals surface area (Å²) in [6.07, 6.45) is 12.0. The number of fused-ring (bicyclic) bond motifs is 2. The number of pyridine rings is 4. The molecule has 0 atom stereocenters. The third kappa shape index (κ3) is 5.53. The summed E-state index contributed by atoms with van der Waals surface area (Å²) in [6.45, 7) is 1.80. The number of aromatic nitrogens is 5. The van der Waals surface area contributed by atoms with Crippen molar-refractivity contribution in [3.8, 4) is 11.1 Å². The van der Waals surface area contributed by atoms with Crippen molar-refractivity contribution in [2.45, 2.75) is 19.5 Å². The van der Waals surface area contributed by atoms with Gasteiger partial charge in [-0.25, -0.2) is 9.97 Å². The standard InChI is InChI=1S/C31H28ClN7O/c32-11-4-12-34-24-9-13-35-29(15-24)36-16-22-7-8-30-37-25(21-39(30)19-22)20-38-14-10-26-27(23-5-2-1-3-6-23)17-33-18-28(26)31(38)40/h1-3,5-10,13-15,17-19,21H,4,11-12,16,20H2,(H2,34,35,36). The second-order valence-corrected chi connectivity index (χ2v) is 9.93. The second kappa shape index (κ2) is 11.6. The first-order valence-corrected chi connectivity index (χ1v) is 13.7. The van der Waals surface area contributed by atoms with Gasteiger partial charge in [0.05, 0.1) is 17.6 Å². The maximum atomic E-state index is 13.4. The van der Waals surface area contributed by atoms with Crippen molar-refractivity contribution < 1.29 is 0 Å². The molecule has 2 N–H and O–H groups in total. The summed E-state index contributed by atoms with van der Waals surface area (Å²) in [5.74, 6) is 1.43. The van der Waals surface area contributed by atoms with Crippen LogP contribution in [0.1, 0.15) is 17.7 Å². The molecule has 5 heterocycles. The molecule has 200 valence electrons. The summed E-state index contributed by atoms with van der Waals surface area (Å²) in [7, 11) is 0. The number of hydrogen-bond donors (Lipinski definition) is 2. The number of benzene rings is 1. The summed E-state index contributed by atoms with van der Waals surface area (Å²) in [4.78, 5) is 26.9. The van der Waals surface area contributed by atoms with E-state index in [1.54, 1.807) is 17.0 Å². The van der Waals surface area contributed by atoms with Crippen molar-refractivity contribution in [2.24, 2.45) is 0 Å². The van der Waals surface area contributed by atoms with Crippen molar-refractivity contribution >= 4 is 39.5 Å². The molecule has 40 heavy (non-hydrogen) atoms. The Hall–Kier alpha value is -4.69. The first-order valence-electron chi connectivity index (χ1n) is 13.2. The summed E-state index contributed by atoms with van der Waals surface area (Å²) < 4.78 is 3.67. The molecule has 0 bridgehead atoms. The molecule has 0 aliphatic heterocycles. The zero-order valence-electron chi connectivity index (χ0n) is 21.8. The highest BCUT2D eigenvalue weighted by atomic mass is 35.5. The molecule has 9 heteroatoms. The van der Waals surface area contributed by atoms with Crippen molar-refractivity contribution in [3.05, 3.63) is 119 Å². The number of anilines is 2. The topological polar surface area (TPSA) is 89.1 Å². The molecule has 0 spiro atoms. The highest BCUT2D eigenvalue weighted by Gasteiger charge is 2.11. The average molecular weight is 550 g/mol. The lowest BCUT2D eigenvalue weighted by Crippen LogP contribution is -2.20. The number of halogens is 1. The van der Waals surface area contributed by atoms with Gasteiger partial charge < -0.3 is 19.6 Å². The molecule has 6 rings (SSSR count). The van der Waals surface area contributed by atoms with E-state index < -0.39 is 0 Å². The third-order valence-electron chi connectivity index (χ3n) is 6.75. The van der Waals surface area contributed by atoms with E-state index in [0.717, 1.165) is 57.9 Å². The molecule has 6 aromatic rings. The third-order valence-corrected chi connectivity index (χ3v) is 7.02. The smallest absolute Gasteiger partial charge is 0.260 e. The fraction of sp³-hybridized carbons (Fsp3) is 0.161. The minimum atomic E-state index is -0.0865. The van der Waals surface area contributed by atoms with Crippen LogP contribution >= 0.6 is 11.6 Å². The van der Waals surface area contributed by atoms with Gasteiger partial charge in [0.15, 0.2) is 0 Å². The molecular weight excluding hydrogens is 522 g/mol. The van der Waals surface area contributed by atoms with Crippen LogP contribution in [0.5, 0.6) is 0 Å². The van der Waals surface area contributed by atoms with Gasteiger partial charge in [-0.05, 0) is 41.1 Å². The first-order chi connectivity index (χ1) is 19.7. The number of nitrogens with one attached hydrogen (secondary N) is 2. The molecule has 0 saturated carbocycles. The number of alkyl halides is 1. The maximum absolute atomic E-state index is 13.4. The van der Waals surface area contributed by atoms with Gasteiger partial charge in [-0.15, -0.1) is 11.6 Å². The molecule has 1 aromatic carbocycles. The van der Waals surface area contributed by atoms with Gasteiger partial charge in [0, 0.05) is 73.5 Å². The van der Waals surface area contributed by atoms with Crippen LogP contribution in [-0.4, -0.2) is 36.3 Å². The Kier molecular flexibility index (Phi) is 7.41. The number of nitrogens with zero attached hydrogens (tertiary/aromatic N) is 5.